The van der Waals surface area contributed by atoms with Gasteiger partial charge in [0.1, 0.15) is 6.07 Å². The predicted octanol–water partition coefficient (Wildman–Crippen LogP) is 2.38. The number of nitrogens with one attached hydrogen (secondary N) is 2. The molecule has 196 valence electrons. The summed E-state index contributed by atoms with van der Waals surface area (Å²) >= 11 is 6.90. The molecule has 1 saturated carbocycles. The average Bonchev–Trinajstić information content (AvgIpc) is 3.66. The fourth-order valence-corrected chi connectivity index (χ4v) is 5.02. The van der Waals surface area contributed by atoms with Gasteiger partial charge >= 0.3 is 0 Å². The van der Waals surface area contributed by atoms with E-state index in [9.17, 15) is 10.5 Å². The van der Waals surface area contributed by atoms with Crippen molar-refractivity contribution < 1.29 is 9.47 Å². The molecule has 3 aliphatic rings. The second-order valence-electron chi connectivity index (χ2n) is 9.64. The molecule has 1 unspecified atom stereocenters. The van der Waals surface area contributed by atoms with Gasteiger partial charge in [-0.05, 0) is 25.0 Å². The van der Waals surface area contributed by atoms with Crippen molar-refractivity contribution in [2.45, 2.75) is 25.0 Å². The Balaban J connectivity index is 1.24. The molecule has 12 nitrogen and oxygen atoms in total. The number of piperazine rings is 1. The van der Waals surface area contributed by atoms with Crippen molar-refractivity contribution in [2.24, 2.45) is 0 Å². The van der Waals surface area contributed by atoms with Crippen LogP contribution in [0.2, 0.25) is 5.02 Å². The minimum atomic E-state index is 0.102. The first-order valence-corrected chi connectivity index (χ1v) is 13.1. The van der Waals surface area contributed by atoms with Gasteiger partial charge in [-0.3, -0.25) is 4.90 Å². The number of aromatic nitrogens is 4. The van der Waals surface area contributed by atoms with Crippen molar-refractivity contribution >= 4 is 40.4 Å². The maximum absolute atomic E-state index is 9.74. The van der Waals surface area contributed by atoms with Crippen LogP contribution in [0.15, 0.2) is 18.3 Å². The number of benzene rings is 1. The Bertz CT molecular complexity index is 1410. The van der Waals surface area contributed by atoms with E-state index in [1.54, 1.807) is 6.07 Å². The number of rotatable bonds is 7. The first-order valence-electron chi connectivity index (χ1n) is 12.7. The smallest absolute Gasteiger partial charge is 0.247 e. The summed E-state index contributed by atoms with van der Waals surface area (Å²) in [6.07, 6.45) is 3.68. The molecule has 6 rings (SSSR count). The number of fused-ring (bicyclic) bond motifs is 1. The Hall–Kier alpha value is -3.68. The summed E-state index contributed by atoms with van der Waals surface area (Å²) in [6.45, 7) is 6.00. The number of hydrogen-bond acceptors (Lipinski definition) is 11. The summed E-state index contributed by atoms with van der Waals surface area (Å²) in [6, 6.07) is 8.17. The van der Waals surface area contributed by atoms with Crippen LogP contribution in [-0.2, 0) is 9.47 Å². The van der Waals surface area contributed by atoms with Crippen molar-refractivity contribution in [1.82, 2.24) is 24.5 Å². The second-order valence-corrected chi connectivity index (χ2v) is 10.0. The third kappa shape index (κ3) is 5.17. The molecule has 3 fully saturated rings. The fraction of sp³-hybridized carbons (Fsp3) is 0.480. The maximum Gasteiger partial charge on any atom is 0.247 e. The van der Waals surface area contributed by atoms with E-state index in [2.05, 4.69) is 47.6 Å². The van der Waals surface area contributed by atoms with E-state index in [1.165, 1.54) is 10.7 Å². The summed E-state index contributed by atoms with van der Waals surface area (Å²) in [4.78, 5) is 13.5. The molecular weight excluding hydrogens is 508 g/mol. The third-order valence-electron chi connectivity index (χ3n) is 6.88. The molecule has 1 atom stereocenters. The Labute approximate surface area is 224 Å². The Morgan fingerprint density at radius 2 is 1.95 bits per heavy atom. The molecule has 2 N–H and O–H groups in total. The van der Waals surface area contributed by atoms with Gasteiger partial charge in [-0.2, -0.15) is 20.0 Å². The van der Waals surface area contributed by atoms with Crippen LogP contribution in [0.3, 0.4) is 0 Å². The molecule has 2 aromatic heterocycles. The van der Waals surface area contributed by atoms with Crippen LogP contribution < -0.4 is 15.5 Å². The molecule has 0 radical (unpaired) electrons. The highest BCUT2D eigenvalue weighted by Gasteiger charge is 2.26. The van der Waals surface area contributed by atoms with Gasteiger partial charge in [0.25, 0.3) is 0 Å². The number of nitriles is 2. The monoisotopic (exact) mass is 534 g/mol. The SMILES string of the molecule is N#Cc1cc(Nc2nc(NC3CC3)c3ncc(C#N)n3n2)c(Cl)c(N2CCN(CC3COCCO3)CC2)c1. The minimum absolute atomic E-state index is 0.102. The van der Waals surface area contributed by atoms with Crippen LogP contribution in [0.25, 0.3) is 5.65 Å². The molecule has 1 aliphatic carbocycles. The number of imidazole rings is 1. The fourth-order valence-electron chi connectivity index (χ4n) is 4.75. The molecule has 4 heterocycles. The topological polar surface area (TPSA) is 140 Å². The van der Waals surface area contributed by atoms with E-state index in [0.29, 0.717) is 59.3 Å². The van der Waals surface area contributed by atoms with E-state index in [0.717, 1.165) is 51.3 Å². The van der Waals surface area contributed by atoms with Crippen molar-refractivity contribution in [3.63, 3.8) is 0 Å². The quantitative estimate of drug-likeness (QED) is 0.461. The first kappa shape index (κ1) is 24.6. The Morgan fingerprint density at radius 1 is 1.11 bits per heavy atom. The molecule has 13 heteroatoms. The van der Waals surface area contributed by atoms with Crippen LogP contribution in [-0.4, -0.2) is 89.2 Å². The van der Waals surface area contributed by atoms with E-state index < -0.39 is 0 Å². The lowest BCUT2D eigenvalue weighted by molar-refractivity contribution is -0.0977. The van der Waals surface area contributed by atoms with E-state index >= 15 is 0 Å². The summed E-state index contributed by atoms with van der Waals surface area (Å²) < 4.78 is 12.8. The zero-order valence-corrected chi connectivity index (χ0v) is 21.5. The molecule has 0 bridgehead atoms. The van der Waals surface area contributed by atoms with Gasteiger partial charge in [-0.1, -0.05) is 11.6 Å². The minimum Gasteiger partial charge on any atom is -0.376 e. The van der Waals surface area contributed by atoms with Gasteiger partial charge in [0.2, 0.25) is 5.95 Å². The molecule has 38 heavy (non-hydrogen) atoms. The van der Waals surface area contributed by atoms with Crippen molar-refractivity contribution in [2.75, 3.05) is 68.1 Å². The largest absolute Gasteiger partial charge is 0.376 e. The van der Waals surface area contributed by atoms with E-state index in [4.69, 9.17) is 21.1 Å². The lowest BCUT2D eigenvalue weighted by Crippen LogP contribution is -2.50. The van der Waals surface area contributed by atoms with Gasteiger partial charge in [-0.15, -0.1) is 5.10 Å². The van der Waals surface area contributed by atoms with Crippen LogP contribution in [0, 0.1) is 22.7 Å². The van der Waals surface area contributed by atoms with E-state index in [1.807, 2.05) is 6.07 Å². The third-order valence-corrected chi connectivity index (χ3v) is 7.28. The summed E-state index contributed by atoms with van der Waals surface area (Å²) in [5, 5.41) is 30.7. The number of ether oxygens (including phenoxy) is 2. The highest BCUT2D eigenvalue weighted by molar-refractivity contribution is 6.36. The van der Waals surface area contributed by atoms with Crippen molar-refractivity contribution in [3.05, 3.63) is 34.6 Å². The van der Waals surface area contributed by atoms with Gasteiger partial charge in [0, 0.05) is 38.8 Å². The molecule has 2 saturated heterocycles. The number of anilines is 4. The number of halogens is 1. The average molecular weight is 535 g/mol. The highest BCUT2D eigenvalue weighted by atomic mass is 35.5. The predicted molar refractivity (Wildman–Crippen MR) is 141 cm³/mol. The zero-order valence-electron chi connectivity index (χ0n) is 20.7. The lowest BCUT2D eigenvalue weighted by atomic mass is 10.1. The lowest BCUT2D eigenvalue weighted by Gasteiger charge is -2.38. The maximum atomic E-state index is 9.74. The Morgan fingerprint density at radius 3 is 2.66 bits per heavy atom. The van der Waals surface area contributed by atoms with Gasteiger partial charge in [-0.25, -0.2) is 4.98 Å². The molecule has 2 aliphatic heterocycles. The molecule has 0 spiro atoms. The summed E-state index contributed by atoms with van der Waals surface area (Å²) in [5.74, 6) is 0.792. The molecular formula is C25H27ClN10O2. The highest BCUT2D eigenvalue weighted by Crippen LogP contribution is 2.36. The zero-order chi connectivity index (χ0) is 26.1. The van der Waals surface area contributed by atoms with Crippen molar-refractivity contribution in [3.8, 4) is 12.1 Å². The molecule has 1 aromatic carbocycles. The van der Waals surface area contributed by atoms with Crippen molar-refractivity contribution in [1.29, 1.82) is 10.5 Å². The first-order chi connectivity index (χ1) is 18.6. The molecule has 0 amide bonds. The summed E-state index contributed by atoms with van der Waals surface area (Å²) in [7, 11) is 0. The van der Waals surface area contributed by atoms with Gasteiger partial charge in [0.15, 0.2) is 17.2 Å². The number of nitrogens with zero attached hydrogens (tertiary/aromatic N) is 8. The van der Waals surface area contributed by atoms with Crippen LogP contribution >= 0.6 is 11.6 Å². The Kier molecular flexibility index (Phi) is 6.87. The normalized spacial score (nSPS) is 20.2. The summed E-state index contributed by atoms with van der Waals surface area (Å²) in [5.41, 5.74) is 2.55. The van der Waals surface area contributed by atoms with Crippen LogP contribution in [0.1, 0.15) is 24.1 Å². The second kappa shape index (κ2) is 10.6. The van der Waals surface area contributed by atoms with Crippen LogP contribution in [0.5, 0.6) is 0 Å². The van der Waals surface area contributed by atoms with E-state index in [-0.39, 0.29) is 12.1 Å². The molecule has 3 aromatic rings. The van der Waals surface area contributed by atoms with Crippen LogP contribution in [0.4, 0.5) is 23.1 Å². The number of hydrogen-bond donors (Lipinski definition) is 2. The van der Waals surface area contributed by atoms with Gasteiger partial charge < -0.3 is 25.0 Å². The van der Waals surface area contributed by atoms with Gasteiger partial charge in [0.05, 0.1) is 60.2 Å². The standard InChI is InChI=1S/C25H27ClN10O2/c26-22-20(31-25-32-23(30-17-1-2-17)24-29-13-18(12-28)36(24)33-25)9-16(11-27)10-21(22)35-5-3-34(4-6-35)14-19-15-37-7-8-38-19/h9-10,13,17,19H,1-8,14-15H2,(H2,30,31,32,33).